The molecule has 0 atom stereocenters. The van der Waals surface area contributed by atoms with Crippen molar-refractivity contribution in [3.63, 3.8) is 0 Å². The molecule has 1 aliphatic rings. The number of nitrogens with one attached hydrogen (secondary N) is 1. The number of carbonyl (C=O) groups excluding carboxylic acids is 1. The van der Waals surface area contributed by atoms with Gasteiger partial charge in [-0.25, -0.2) is 0 Å². The van der Waals surface area contributed by atoms with E-state index in [0.29, 0.717) is 22.5 Å². The molecular formula is C20H23N7O4. The predicted octanol–water partition coefficient (Wildman–Crippen LogP) is 1.78. The lowest BCUT2D eigenvalue weighted by Crippen LogP contribution is -2.38. The van der Waals surface area contributed by atoms with Gasteiger partial charge in [0.1, 0.15) is 5.69 Å². The van der Waals surface area contributed by atoms with Gasteiger partial charge in [0.05, 0.1) is 42.1 Å². The molecule has 3 aromatic rings. The van der Waals surface area contributed by atoms with Crippen molar-refractivity contribution in [1.29, 1.82) is 0 Å². The van der Waals surface area contributed by atoms with Crippen LogP contribution in [0.5, 0.6) is 0 Å². The zero-order valence-corrected chi connectivity index (χ0v) is 17.1. The molecule has 1 N–H and O–H groups in total. The van der Waals surface area contributed by atoms with Crippen molar-refractivity contribution in [2.24, 2.45) is 7.05 Å². The molecule has 0 bridgehead atoms. The summed E-state index contributed by atoms with van der Waals surface area (Å²) < 4.78 is 8.69. The van der Waals surface area contributed by atoms with E-state index < -0.39 is 4.92 Å². The van der Waals surface area contributed by atoms with E-state index in [1.54, 1.807) is 42.5 Å². The summed E-state index contributed by atoms with van der Waals surface area (Å²) in [5, 5.41) is 22.4. The smallest absolute Gasteiger partial charge is 0.269 e. The van der Waals surface area contributed by atoms with E-state index in [9.17, 15) is 14.9 Å². The van der Waals surface area contributed by atoms with Crippen molar-refractivity contribution < 1.29 is 14.5 Å². The number of hydrogen-bond acceptors (Lipinski definition) is 7. The normalized spacial score (nSPS) is 14.5. The van der Waals surface area contributed by atoms with Gasteiger partial charge in [0.2, 0.25) is 0 Å². The van der Waals surface area contributed by atoms with E-state index >= 15 is 0 Å². The van der Waals surface area contributed by atoms with E-state index in [-0.39, 0.29) is 11.6 Å². The molecular weight excluding hydrogens is 402 g/mol. The molecule has 2 aromatic heterocycles. The number of ether oxygens (including phenoxy) is 1. The lowest BCUT2D eigenvalue weighted by Gasteiger charge is -2.26. The number of benzene rings is 1. The molecule has 1 aromatic carbocycles. The highest BCUT2D eigenvalue weighted by atomic mass is 16.6. The lowest BCUT2D eigenvalue weighted by atomic mass is 10.1. The van der Waals surface area contributed by atoms with Crippen molar-refractivity contribution in [2.75, 3.05) is 38.2 Å². The lowest BCUT2D eigenvalue weighted by molar-refractivity contribution is -0.384. The first-order valence-corrected chi connectivity index (χ1v) is 9.92. The van der Waals surface area contributed by atoms with Crippen LogP contribution in [0.2, 0.25) is 0 Å². The highest BCUT2D eigenvalue weighted by Crippen LogP contribution is 2.25. The Morgan fingerprint density at radius 3 is 2.65 bits per heavy atom. The maximum atomic E-state index is 12.9. The monoisotopic (exact) mass is 425 g/mol. The third-order valence-corrected chi connectivity index (χ3v) is 5.07. The van der Waals surface area contributed by atoms with E-state index in [0.717, 1.165) is 39.4 Å². The van der Waals surface area contributed by atoms with Crippen molar-refractivity contribution in [1.82, 2.24) is 24.5 Å². The quantitative estimate of drug-likeness (QED) is 0.452. The fraction of sp³-hybridized carbons (Fsp3) is 0.350. The van der Waals surface area contributed by atoms with Crippen LogP contribution in [0.1, 0.15) is 10.4 Å². The molecule has 11 nitrogen and oxygen atoms in total. The highest BCUT2D eigenvalue weighted by molar-refractivity contribution is 6.07. The minimum absolute atomic E-state index is 0.0184. The molecule has 0 unspecified atom stereocenters. The first-order chi connectivity index (χ1) is 15.0. The third kappa shape index (κ3) is 4.95. The second-order valence-corrected chi connectivity index (χ2v) is 7.27. The molecule has 1 aliphatic heterocycles. The SMILES string of the molecule is Cn1cc(C(=O)Nc2cnn(CCN3CCOCC3)c2)c(-c2ccc([N+](=O)[O-])cc2)n1. The first-order valence-electron chi connectivity index (χ1n) is 9.92. The third-order valence-electron chi connectivity index (χ3n) is 5.07. The van der Waals surface area contributed by atoms with Crippen molar-refractivity contribution in [2.45, 2.75) is 6.54 Å². The number of non-ortho nitro benzene ring substituents is 1. The number of nitro groups is 1. The summed E-state index contributed by atoms with van der Waals surface area (Å²) in [5.41, 5.74) is 2.02. The number of anilines is 1. The van der Waals surface area contributed by atoms with E-state index in [1.807, 2.05) is 0 Å². The van der Waals surface area contributed by atoms with Gasteiger partial charge in [-0.2, -0.15) is 10.2 Å². The minimum Gasteiger partial charge on any atom is -0.379 e. The van der Waals surface area contributed by atoms with Crippen molar-refractivity contribution in [3.05, 3.63) is 58.5 Å². The summed E-state index contributed by atoms with van der Waals surface area (Å²) in [6.07, 6.45) is 5.02. The zero-order valence-electron chi connectivity index (χ0n) is 17.1. The van der Waals surface area contributed by atoms with Crippen LogP contribution in [0, 0.1) is 10.1 Å². The maximum Gasteiger partial charge on any atom is 0.269 e. The second kappa shape index (κ2) is 9.06. The number of rotatable bonds is 7. The Bertz CT molecular complexity index is 1070. The Kier molecular flexibility index (Phi) is 6.05. The average molecular weight is 425 g/mol. The molecule has 0 aliphatic carbocycles. The van der Waals surface area contributed by atoms with E-state index in [4.69, 9.17) is 4.74 Å². The Balaban J connectivity index is 1.43. The molecule has 1 amide bonds. The van der Waals surface area contributed by atoms with Gasteiger partial charge in [0.15, 0.2) is 0 Å². The van der Waals surface area contributed by atoms with Gasteiger partial charge >= 0.3 is 0 Å². The Morgan fingerprint density at radius 1 is 1.19 bits per heavy atom. The summed E-state index contributed by atoms with van der Waals surface area (Å²) >= 11 is 0. The van der Waals surface area contributed by atoms with Crippen molar-refractivity contribution in [3.8, 4) is 11.3 Å². The standard InChI is InChI=1S/C20H23N7O4/c1-24-14-18(19(23-24)15-2-4-17(5-3-15)27(29)30)20(28)22-16-12-21-26(13-16)7-6-25-8-10-31-11-9-25/h2-5,12-14H,6-11H2,1H3,(H,22,28). The maximum absolute atomic E-state index is 12.9. The molecule has 4 rings (SSSR count). The molecule has 3 heterocycles. The molecule has 1 saturated heterocycles. The van der Waals surface area contributed by atoms with E-state index in [1.165, 1.54) is 16.8 Å². The molecule has 0 saturated carbocycles. The summed E-state index contributed by atoms with van der Waals surface area (Å²) in [7, 11) is 1.72. The summed E-state index contributed by atoms with van der Waals surface area (Å²) in [6.45, 7) is 4.92. The van der Waals surface area contributed by atoms with Gasteiger partial charge in [-0.1, -0.05) is 0 Å². The summed E-state index contributed by atoms with van der Waals surface area (Å²) in [4.78, 5) is 25.6. The van der Waals surface area contributed by atoms with Gasteiger partial charge in [0.25, 0.3) is 11.6 Å². The number of aromatic nitrogens is 4. The number of aryl methyl sites for hydroxylation is 1. The first kappa shape index (κ1) is 20.7. The van der Waals surface area contributed by atoms with Crippen molar-refractivity contribution >= 4 is 17.3 Å². The Hall–Kier alpha value is -3.57. The molecule has 1 fully saturated rings. The van der Waals surface area contributed by atoms with Crippen LogP contribution >= 0.6 is 0 Å². The number of carbonyl (C=O) groups is 1. The zero-order chi connectivity index (χ0) is 21.8. The number of nitrogens with zero attached hydrogens (tertiary/aromatic N) is 6. The van der Waals surface area contributed by atoms with Gasteiger partial charge in [0, 0.05) is 56.8 Å². The van der Waals surface area contributed by atoms with Gasteiger partial charge in [-0.3, -0.25) is 29.2 Å². The molecule has 162 valence electrons. The van der Waals surface area contributed by atoms with Crippen LogP contribution in [0.25, 0.3) is 11.3 Å². The van der Waals surface area contributed by atoms with Crippen LogP contribution in [0.15, 0.2) is 42.9 Å². The summed E-state index contributed by atoms with van der Waals surface area (Å²) in [5.74, 6) is -0.325. The van der Waals surface area contributed by atoms with Gasteiger partial charge < -0.3 is 10.1 Å². The van der Waals surface area contributed by atoms with Gasteiger partial charge in [-0.05, 0) is 12.1 Å². The van der Waals surface area contributed by atoms with Crippen LogP contribution in [-0.2, 0) is 18.3 Å². The second-order valence-electron chi connectivity index (χ2n) is 7.27. The van der Waals surface area contributed by atoms with Crippen LogP contribution in [-0.4, -0.2) is 68.1 Å². The minimum atomic E-state index is -0.466. The Labute approximate surface area is 178 Å². The van der Waals surface area contributed by atoms with Crippen LogP contribution in [0.4, 0.5) is 11.4 Å². The largest absolute Gasteiger partial charge is 0.379 e. The highest BCUT2D eigenvalue weighted by Gasteiger charge is 2.19. The fourth-order valence-corrected chi connectivity index (χ4v) is 3.43. The van der Waals surface area contributed by atoms with Crippen LogP contribution in [0.3, 0.4) is 0 Å². The Morgan fingerprint density at radius 2 is 1.94 bits per heavy atom. The predicted molar refractivity (Wildman–Crippen MR) is 113 cm³/mol. The molecule has 11 heteroatoms. The van der Waals surface area contributed by atoms with Crippen LogP contribution < -0.4 is 5.32 Å². The molecule has 0 radical (unpaired) electrons. The fourth-order valence-electron chi connectivity index (χ4n) is 3.43. The topological polar surface area (TPSA) is 120 Å². The average Bonchev–Trinajstić information content (AvgIpc) is 3.39. The number of nitro benzene ring substituents is 1. The number of morpholine rings is 1. The summed E-state index contributed by atoms with van der Waals surface area (Å²) in [6, 6.07) is 5.95. The van der Waals surface area contributed by atoms with Gasteiger partial charge in [-0.15, -0.1) is 0 Å². The van der Waals surface area contributed by atoms with E-state index in [2.05, 4.69) is 20.4 Å². The molecule has 31 heavy (non-hydrogen) atoms. The number of hydrogen-bond donors (Lipinski definition) is 1. The number of amides is 1. The molecule has 0 spiro atoms.